The quantitative estimate of drug-likeness (QED) is 0.868. The Morgan fingerprint density at radius 1 is 1.29 bits per heavy atom. The maximum Gasteiger partial charge on any atom is 0.237 e. The molecule has 3 N–H and O–H groups in total. The van der Waals surface area contributed by atoms with Gasteiger partial charge in [0.05, 0.1) is 6.04 Å². The standard InChI is InChI=1S/C17H27N3O/c1-13(2)16(18)17(21)19-15-8-10-20(11-9-15)12-14-6-4-3-5-7-14/h3-7,13,15-16H,8-12,18H2,1-2H3,(H,19,21). The molecule has 0 aliphatic carbocycles. The lowest BCUT2D eigenvalue weighted by atomic mass is 10.0. The summed E-state index contributed by atoms with van der Waals surface area (Å²) in [7, 11) is 0. The van der Waals surface area contributed by atoms with Gasteiger partial charge < -0.3 is 11.1 Å². The molecule has 1 amide bonds. The van der Waals surface area contributed by atoms with Gasteiger partial charge in [-0.2, -0.15) is 0 Å². The number of hydrogen-bond donors (Lipinski definition) is 2. The van der Waals surface area contributed by atoms with Crippen molar-refractivity contribution >= 4 is 5.91 Å². The topological polar surface area (TPSA) is 58.4 Å². The van der Waals surface area contributed by atoms with Gasteiger partial charge in [-0.25, -0.2) is 0 Å². The Labute approximate surface area is 127 Å². The number of amides is 1. The fourth-order valence-electron chi connectivity index (χ4n) is 2.68. The van der Waals surface area contributed by atoms with E-state index in [9.17, 15) is 4.79 Å². The third-order valence-corrected chi connectivity index (χ3v) is 4.20. The highest BCUT2D eigenvalue weighted by Crippen LogP contribution is 2.14. The van der Waals surface area contributed by atoms with Gasteiger partial charge in [0, 0.05) is 25.7 Å². The van der Waals surface area contributed by atoms with Crippen LogP contribution in [0.5, 0.6) is 0 Å². The van der Waals surface area contributed by atoms with Crippen molar-refractivity contribution in [3.63, 3.8) is 0 Å². The predicted octanol–water partition coefficient (Wildman–Crippen LogP) is 1.75. The van der Waals surface area contributed by atoms with Crippen LogP contribution in [0.3, 0.4) is 0 Å². The van der Waals surface area contributed by atoms with E-state index in [2.05, 4.69) is 34.5 Å². The Balaban J connectivity index is 1.74. The average molecular weight is 289 g/mol. The number of nitrogens with one attached hydrogen (secondary N) is 1. The number of hydrogen-bond acceptors (Lipinski definition) is 3. The first-order valence-electron chi connectivity index (χ1n) is 7.88. The lowest BCUT2D eigenvalue weighted by molar-refractivity contribution is -0.124. The zero-order chi connectivity index (χ0) is 15.2. The third-order valence-electron chi connectivity index (χ3n) is 4.20. The summed E-state index contributed by atoms with van der Waals surface area (Å²) in [5.74, 6) is 0.176. The lowest BCUT2D eigenvalue weighted by Gasteiger charge is -2.33. The molecule has 1 atom stereocenters. The summed E-state index contributed by atoms with van der Waals surface area (Å²) in [5.41, 5.74) is 7.23. The number of carbonyl (C=O) groups excluding carboxylic acids is 1. The molecule has 1 aromatic carbocycles. The second-order valence-corrected chi connectivity index (χ2v) is 6.31. The van der Waals surface area contributed by atoms with E-state index >= 15 is 0 Å². The molecular formula is C17H27N3O. The molecule has 116 valence electrons. The molecular weight excluding hydrogens is 262 g/mol. The molecule has 1 heterocycles. The van der Waals surface area contributed by atoms with E-state index in [-0.39, 0.29) is 17.9 Å². The van der Waals surface area contributed by atoms with Gasteiger partial charge in [0.25, 0.3) is 0 Å². The summed E-state index contributed by atoms with van der Waals surface area (Å²) in [6, 6.07) is 10.4. The second kappa shape index (κ2) is 7.57. The van der Waals surface area contributed by atoms with Gasteiger partial charge in [-0.3, -0.25) is 9.69 Å². The SMILES string of the molecule is CC(C)C(N)C(=O)NC1CCN(Cc2ccccc2)CC1. The van der Waals surface area contributed by atoms with Gasteiger partial charge in [0.1, 0.15) is 0 Å². The van der Waals surface area contributed by atoms with Crippen LogP contribution in [0.4, 0.5) is 0 Å². The molecule has 1 aliphatic heterocycles. The van der Waals surface area contributed by atoms with Gasteiger partial charge >= 0.3 is 0 Å². The number of carbonyl (C=O) groups is 1. The smallest absolute Gasteiger partial charge is 0.237 e. The van der Waals surface area contributed by atoms with Crippen molar-refractivity contribution in [3.05, 3.63) is 35.9 Å². The van der Waals surface area contributed by atoms with Crippen LogP contribution < -0.4 is 11.1 Å². The fraction of sp³-hybridized carbons (Fsp3) is 0.588. The monoisotopic (exact) mass is 289 g/mol. The van der Waals surface area contributed by atoms with Crippen LogP contribution in [0.15, 0.2) is 30.3 Å². The van der Waals surface area contributed by atoms with E-state index in [1.807, 2.05) is 19.9 Å². The maximum absolute atomic E-state index is 12.0. The van der Waals surface area contributed by atoms with Crippen LogP contribution in [-0.4, -0.2) is 36.0 Å². The van der Waals surface area contributed by atoms with Crippen LogP contribution in [0.25, 0.3) is 0 Å². The first-order valence-corrected chi connectivity index (χ1v) is 7.88. The summed E-state index contributed by atoms with van der Waals surface area (Å²) in [6.07, 6.45) is 2.01. The van der Waals surface area contributed by atoms with E-state index in [1.165, 1.54) is 5.56 Å². The summed E-state index contributed by atoms with van der Waals surface area (Å²) < 4.78 is 0. The van der Waals surface area contributed by atoms with Gasteiger partial charge in [0.15, 0.2) is 0 Å². The second-order valence-electron chi connectivity index (χ2n) is 6.31. The molecule has 0 saturated carbocycles. The van der Waals surface area contributed by atoms with E-state index in [1.54, 1.807) is 0 Å². The molecule has 2 rings (SSSR count). The minimum atomic E-state index is -0.396. The Morgan fingerprint density at radius 2 is 1.90 bits per heavy atom. The molecule has 0 spiro atoms. The van der Waals surface area contributed by atoms with Crippen molar-refractivity contribution in [1.82, 2.24) is 10.2 Å². The van der Waals surface area contributed by atoms with Crippen LogP contribution in [0, 0.1) is 5.92 Å². The van der Waals surface area contributed by atoms with E-state index < -0.39 is 6.04 Å². The van der Waals surface area contributed by atoms with Crippen molar-refractivity contribution in [1.29, 1.82) is 0 Å². The number of rotatable bonds is 5. The zero-order valence-electron chi connectivity index (χ0n) is 13.1. The molecule has 4 nitrogen and oxygen atoms in total. The van der Waals surface area contributed by atoms with E-state index in [0.717, 1.165) is 32.5 Å². The summed E-state index contributed by atoms with van der Waals surface area (Å²) >= 11 is 0. The summed E-state index contributed by atoms with van der Waals surface area (Å²) in [4.78, 5) is 14.4. The largest absolute Gasteiger partial charge is 0.352 e. The fourth-order valence-corrected chi connectivity index (χ4v) is 2.68. The minimum Gasteiger partial charge on any atom is -0.352 e. The Kier molecular flexibility index (Phi) is 5.76. The Morgan fingerprint density at radius 3 is 2.48 bits per heavy atom. The highest BCUT2D eigenvalue weighted by molar-refractivity contribution is 5.82. The molecule has 4 heteroatoms. The first-order chi connectivity index (χ1) is 10.1. The van der Waals surface area contributed by atoms with Crippen molar-refractivity contribution in [3.8, 4) is 0 Å². The van der Waals surface area contributed by atoms with Gasteiger partial charge in [-0.1, -0.05) is 44.2 Å². The molecule has 0 aromatic heterocycles. The molecule has 21 heavy (non-hydrogen) atoms. The minimum absolute atomic E-state index is 0.00786. The van der Waals surface area contributed by atoms with Crippen molar-refractivity contribution in [2.75, 3.05) is 13.1 Å². The molecule has 1 fully saturated rings. The lowest BCUT2D eigenvalue weighted by Crippen LogP contribution is -2.51. The number of piperidine rings is 1. The number of likely N-dealkylation sites (tertiary alicyclic amines) is 1. The molecule has 0 bridgehead atoms. The van der Waals surface area contributed by atoms with Crippen LogP contribution >= 0.6 is 0 Å². The number of nitrogens with two attached hydrogens (primary N) is 1. The Hall–Kier alpha value is -1.39. The Bertz CT molecular complexity index is 439. The van der Waals surface area contributed by atoms with Crippen LogP contribution in [-0.2, 0) is 11.3 Å². The molecule has 1 unspecified atom stereocenters. The summed E-state index contributed by atoms with van der Waals surface area (Å²) in [5, 5.41) is 3.09. The van der Waals surface area contributed by atoms with Gasteiger partial charge in [0.2, 0.25) is 5.91 Å². The molecule has 1 aliphatic rings. The van der Waals surface area contributed by atoms with Crippen LogP contribution in [0.1, 0.15) is 32.3 Å². The average Bonchev–Trinajstić information content (AvgIpc) is 2.49. The molecule has 0 radical (unpaired) electrons. The van der Waals surface area contributed by atoms with Crippen molar-refractivity contribution in [2.45, 2.75) is 45.3 Å². The van der Waals surface area contributed by atoms with Gasteiger partial charge in [-0.15, -0.1) is 0 Å². The normalized spacial score (nSPS) is 18.7. The first kappa shape index (κ1) is 16.0. The molecule has 1 aromatic rings. The third kappa shape index (κ3) is 4.83. The highest BCUT2D eigenvalue weighted by atomic mass is 16.2. The van der Waals surface area contributed by atoms with E-state index in [4.69, 9.17) is 5.73 Å². The van der Waals surface area contributed by atoms with Crippen molar-refractivity contribution in [2.24, 2.45) is 11.7 Å². The summed E-state index contributed by atoms with van der Waals surface area (Å²) in [6.45, 7) is 7.00. The zero-order valence-corrected chi connectivity index (χ0v) is 13.1. The van der Waals surface area contributed by atoms with Gasteiger partial charge in [-0.05, 0) is 24.3 Å². The van der Waals surface area contributed by atoms with E-state index in [0.29, 0.717) is 0 Å². The van der Waals surface area contributed by atoms with Crippen molar-refractivity contribution < 1.29 is 4.79 Å². The number of benzene rings is 1. The maximum atomic E-state index is 12.0. The number of nitrogens with zero attached hydrogens (tertiary/aromatic N) is 1. The highest BCUT2D eigenvalue weighted by Gasteiger charge is 2.24. The predicted molar refractivity (Wildman–Crippen MR) is 85.7 cm³/mol. The van der Waals surface area contributed by atoms with Crippen LogP contribution in [0.2, 0.25) is 0 Å². The molecule has 1 saturated heterocycles.